The summed E-state index contributed by atoms with van der Waals surface area (Å²) in [5.41, 5.74) is 6.45. The van der Waals surface area contributed by atoms with Crippen molar-refractivity contribution in [1.82, 2.24) is 9.29 Å². The van der Waals surface area contributed by atoms with Gasteiger partial charge in [-0.2, -0.15) is 4.31 Å². The third-order valence-corrected chi connectivity index (χ3v) is 7.12. The van der Waals surface area contributed by atoms with E-state index in [1.165, 1.54) is 12.1 Å². The summed E-state index contributed by atoms with van der Waals surface area (Å²) >= 11 is 12.2. The van der Waals surface area contributed by atoms with E-state index in [-0.39, 0.29) is 22.9 Å². The average molecular weight is 460 g/mol. The molecule has 11 heteroatoms. The van der Waals surface area contributed by atoms with Gasteiger partial charge < -0.3 is 10.8 Å². The van der Waals surface area contributed by atoms with Crippen LogP contribution in [-0.2, 0) is 26.0 Å². The molecule has 1 atom stereocenters. The van der Waals surface area contributed by atoms with Crippen LogP contribution in [0, 0.1) is 6.92 Å². The van der Waals surface area contributed by atoms with E-state index in [0.29, 0.717) is 10.6 Å². The first-order chi connectivity index (χ1) is 13.6. The highest BCUT2D eigenvalue weighted by Gasteiger charge is 2.32. The van der Waals surface area contributed by atoms with Crippen LogP contribution in [0.2, 0.25) is 10.0 Å². The third-order valence-electron chi connectivity index (χ3n) is 4.22. The van der Waals surface area contributed by atoms with E-state index in [9.17, 15) is 18.0 Å². The summed E-state index contributed by atoms with van der Waals surface area (Å²) in [6, 6.07) is 4.24. The number of carboxylic acids is 1. The number of carbonyl (C=O) groups is 2. The van der Waals surface area contributed by atoms with Crippen molar-refractivity contribution in [2.24, 2.45) is 5.73 Å². The molecule has 2 aromatic rings. The molecule has 1 aromatic carbocycles. The Bertz CT molecular complexity index is 1020. The van der Waals surface area contributed by atoms with Crippen LogP contribution in [0.3, 0.4) is 0 Å². The van der Waals surface area contributed by atoms with Gasteiger partial charge in [0.15, 0.2) is 11.8 Å². The number of rotatable bonds is 9. The summed E-state index contributed by atoms with van der Waals surface area (Å²) in [4.78, 5) is 26.9. The SMILES string of the molecule is Cc1c(Cl)ccc(S(=O)(=O)N(CCc2cccnc2)CC(=O)C(N)C(=O)O)c1Cl. The summed E-state index contributed by atoms with van der Waals surface area (Å²) in [5.74, 6) is -2.49. The van der Waals surface area contributed by atoms with Crippen LogP contribution in [0.4, 0.5) is 0 Å². The Morgan fingerprint density at radius 3 is 2.55 bits per heavy atom. The van der Waals surface area contributed by atoms with Crippen LogP contribution in [0.5, 0.6) is 0 Å². The van der Waals surface area contributed by atoms with Crippen molar-refractivity contribution in [3.05, 3.63) is 57.8 Å². The van der Waals surface area contributed by atoms with Crippen molar-refractivity contribution in [1.29, 1.82) is 0 Å². The van der Waals surface area contributed by atoms with E-state index in [4.69, 9.17) is 34.0 Å². The maximum absolute atomic E-state index is 13.2. The van der Waals surface area contributed by atoms with Crippen LogP contribution in [0.25, 0.3) is 0 Å². The van der Waals surface area contributed by atoms with Crippen molar-refractivity contribution in [3.63, 3.8) is 0 Å². The van der Waals surface area contributed by atoms with E-state index in [0.717, 1.165) is 9.87 Å². The Labute approximate surface area is 178 Å². The van der Waals surface area contributed by atoms with Gasteiger partial charge in [-0.05, 0) is 42.7 Å². The molecule has 8 nitrogen and oxygen atoms in total. The van der Waals surface area contributed by atoms with Crippen LogP contribution in [0.1, 0.15) is 11.1 Å². The first-order valence-corrected chi connectivity index (χ1v) is 10.6. The molecule has 0 aliphatic rings. The minimum absolute atomic E-state index is 0.0705. The Kier molecular flexibility index (Phi) is 7.73. The van der Waals surface area contributed by atoms with Gasteiger partial charge in [0.1, 0.15) is 4.90 Å². The van der Waals surface area contributed by atoms with Crippen molar-refractivity contribution >= 4 is 45.0 Å². The second-order valence-corrected chi connectivity index (χ2v) is 8.91. The predicted octanol–water partition coefficient (Wildman–Crippen LogP) is 1.91. The third kappa shape index (κ3) is 5.52. The fraction of sp³-hybridized carbons (Fsp3) is 0.278. The first-order valence-electron chi connectivity index (χ1n) is 8.40. The molecule has 0 aliphatic carbocycles. The van der Waals surface area contributed by atoms with Crippen LogP contribution >= 0.6 is 23.2 Å². The maximum atomic E-state index is 13.2. The fourth-order valence-electron chi connectivity index (χ4n) is 2.47. The number of halogens is 2. The summed E-state index contributed by atoms with van der Waals surface area (Å²) in [7, 11) is -4.24. The largest absolute Gasteiger partial charge is 0.480 e. The Morgan fingerprint density at radius 2 is 1.97 bits per heavy atom. The molecule has 0 spiro atoms. The average Bonchev–Trinajstić information content (AvgIpc) is 2.68. The number of ketones is 1. The molecule has 3 N–H and O–H groups in total. The lowest BCUT2D eigenvalue weighted by atomic mass is 10.2. The maximum Gasteiger partial charge on any atom is 0.328 e. The lowest BCUT2D eigenvalue weighted by Crippen LogP contribution is -2.46. The van der Waals surface area contributed by atoms with Gasteiger partial charge in [0, 0.05) is 24.0 Å². The fourth-order valence-corrected chi connectivity index (χ4v) is 4.66. The number of pyridine rings is 1. The number of carboxylic acid groups (broad SMARTS) is 1. The van der Waals surface area contributed by atoms with Gasteiger partial charge >= 0.3 is 5.97 Å². The van der Waals surface area contributed by atoms with Gasteiger partial charge in [-0.25, -0.2) is 8.42 Å². The molecule has 0 fully saturated rings. The number of nitrogens with zero attached hydrogens (tertiary/aromatic N) is 2. The number of sulfonamides is 1. The zero-order chi connectivity index (χ0) is 21.8. The molecule has 0 amide bonds. The van der Waals surface area contributed by atoms with Gasteiger partial charge in [-0.1, -0.05) is 29.3 Å². The quantitative estimate of drug-likeness (QED) is 0.547. The second kappa shape index (κ2) is 9.64. The summed E-state index contributed by atoms with van der Waals surface area (Å²) in [6.45, 7) is 0.743. The molecule has 0 bridgehead atoms. The monoisotopic (exact) mass is 459 g/mol. The lowest BCUT2D eigenvalue weighted by molar-refractivity contribution is -0.142. The number of aromatic nitrogens is 1. The number of carbonyl (C=O) groups excluding carboxylic acids is 1. The normalized spacial score (nSPS) is 12.7. The number of hydrogen-bond acceptors (Lipinski definition) is 6. The Hall–Kier alpha value is -2.04. The van der Waals surface area contributed by atoms with Gasteiger partial charge in [0.05, 0.1) is 11.6 Å². The molecule has 29 heavy (non-hydrogen) atoms. The highest BCUT2D eigenvalue weighted by molar-refractivity contribution is 7.89. The first kappa shape index (κ1) is 23.2. The van der Waals surface area contributed by atoms with E-state index in [2.05, 4.69) is 4.98 Å². The van der Waals surface area contributed by atoms with Crippen molar-refractivity contribution in [3.8, 4) is 0 Å². The van der Waals surface area contributed by atoms with Crippen LogP contribution in [0.15, 0.2) is 41.6 Å². The minimum Gasteiger partial charge on any atom is -0.480 e. The zero-order valence-electron chi connectivity index (χ0n) is 15.4. The number of hydrogen-bond donors (Lipinski definition) is 2. The van der Waals surface area contributed by atoms with E-state index in [1.54, 1.807) is 31.5 Å². The van der Waals surface area contributed by atoms with Crippen molar-refractivity contribution in [2.75, 3.05) is 13.1 Å². The molecule has 0 radical (unpaired) electrons. The molecule has 0 saturated carbocycles. The molecule has 2 rings (SSSR count). The smallest absolute Gasteiger partial charge is 0.328 e. The van der Waals surface area contributed by atoms with Gasteiger partial charge in [0.25, 0.3) is 0 Å². The van der Waals surface area contributed by atoms with Gasteiger partial charge in [-0.3, -0.25) is 14.6 Å². The Balaban J connectivity index is 2.40. The van der Waals surface area contributed by atoms with E-state index >= 15 is 0 Å². The van der Waals surface area contributed by atoms with Gasteiger partial charge in [-0.15, -0.1) is 0 Å². The lowest BCUT2D eigenvalue weighted by Gasteiger charge is -2.23. The Morgan fingerprint density at radius 1 is 1.28 bits per heavy atom. The van der Waals surface area contributed by atoms with E-state index in [1.807, 2.05) is 0 Å². The molecule has 0 saturated heterocycles. The van der Waals surface area contributed by atoms with Crippen molar-refractivity contribution < 1.29 is 23.1 Å². The highest BCUT2D eigenvalue weighted by Crippen LogP contribution is 2.32. The number of benzene rings is 1. The van der Waals surface area contributed by atoms with Gasteiger partial charge in [0.2, 0.25) is 10.0 Å². The molecular formula is C18H19Cl2N3O5S. The number of aliphatic carboxylic acids is 1. The molecule has 156 valence electrons. The molecular weight excluding hydrogens is 441 g/mol. The molecule has 1 heterocycles. The number of Topliss-reactive ketones (excluding diaryl/α,β-unsaturated/α-hetero) is 1. The zero-order valence-corrected chi connectivity index (χ0v) is 17.7. The summed E-state index contributed by atoms with van der Waals surface area (Å²) in [5, 5.41) is 9.17. The predicted molar refractivity (Wildman–Crippen MR) is 109 cm³/mol. The van der Waals surface area contributed by atoms with E-state index < -0.39 is 34.4 Å². The number of nitrogens with two attached hydrogens (primary N) is 1. The minimum atomic E-state index is -4.24. The molecule has 1 unspecified atom stereocenters. The van der Waals surface area contributed by atoms with Crippen LogP contribution < -0.4 is 5.73 Å². The summed E-state index contributed by atoms with van der Waals surface area (Å²) in [6.07, 6.45) is 3.38. The standard InChI is InChI=1S/C18H19Cl2N3O5S/c1-11-13(19)4-5-15(16(11)20)29(27,28)23(10-14(24)17(21)18(25)26)8-6-12-3-2-7-22-9-12/h2-5,7,9,17H,6,8,10,21H2,1H3,(H,25,26). The molecule has 1 aromatic heterocycles. The van der Waals surface area contributed by atoms with Crippen molar-refractivity contribution in [2.45, 2.75) is 24.3 Å². The summed E-state index contributed by atoms with van der Waals surface area (Å²) < 4.78 is 27.3. The second-order valence-electron chi connectivity index (χ2n) is 6.22. The highest BCUT2D eigenvalue weighted by atomic mass is 35.5. The topological polar surface area (TPSA) is 131 Å². The van der Waals surface area contributed by atoms with Crippen LogP contribution in [-0.4, -0.2) is 53.7 Å². The molecule has 0 aliphatic heterocycles.